The molecule has 2 fully saturated rings. The van der Waals surface area contributed by atoms with Gasteiger partial charge in [-0.25, -0.2) is 9.59 Å². The molecular formula is C37H62O4. The van der Waals surface area contributed by atoms with Crippen molar-refractivity contribution in [3.05, 3.63) is 35.4 Å². The first kappa shape index (κ1) is 35.4. The van der Waals surface area contributed by atoms with Gasteiger partial charge in [0.05, 0.1) is 24.3 Å². The minimum absolute atomic E-state index is 0.293. The summed E-state index contributed by atoms with van der Waals surface area (Å²) in [4.78, 5) is 24.7. The molecule has 1 aromatic rings. The van der Waals surface area contributed by atoms with Gasteiger partial charge in [0.2, 0.25) is 0 Å². The zero-order valence-corrected chi connectivity index (χ0v) is 26.8. The third kappa shape index (κ3) is 16.4. The Kier molecular flexibility index (Phi) is 20.4. The fourth-order valence-electron chi connectivity index (χ4n) is 6.41. The normalized spacial score (nSPS) is 16.0. The van der Waals surface area contributed by atoms with E-state index in [2.05, 4.69) is 13.8 Å². The lowest BCUT2D eigenvalue weighted by Gasteiger charge is -2.28. The summed E-state index contributed by atoms with van der Waals surface area (Å²) in [6, 6.07) is 6.74. The molecule has 0 heterocycles. The topological polar surface area (TPSA) is 52.6 Å². The van der Waals surface area contributed by atoms with Crippen molar-refractivity contribution in [1.29, 1.82) is 0 Å². The van der Waals surface area contributed by atoms with Crippen molar-refractivity contribution >= 4 is 11.9 Å². The van der Waals surface area contributed by atoms with Gasteiger partial charge >= 0.3 is 11.9 Å². The minimum atomic E-state index is -0.444. The molecule has 4 nitrogen and oxygen atoms in total. The summed E-state index contributed by atoms with van der Waals surface area (Å²) >= 11 is 0. The molecule has 234 valence electrons. The van der Waals surface area contributed by atoms with Gasteiger partial charge in [-0.15, -0.1) is 0 Å². The highest BCUT2D eigenvalue weighted by Gasteiger charge is 2.21. The molecule has 0 saturated heterocycles. The quantitative estimate of drug-likeness (QED) is 0.130. The van der Waals surface area contributed by atoms with Crippen LogP contribution in [0, 0.1) is 11.8 Å². The predicted octanol–water partition coefficient (Wildman–Crippen LogP) is 11.3. The Morgan fingerprint density at radius 1 is 0.561 bits per heavy atom. The highest BCUT2D eigenvalue weighted by Crippen LogP contribution is 2.34. The number of carbonyl (C=O) groups is 2. The van der Waals surface area contributed by atoms with Crippen molar-refractivity contribution in [3.63, 3.8) is 0 Å². The van der Waals surface area contributed by atoms with E-state index in [0.29, 0.717) is 24.3 Å². The van der Waals surface area contributed by atoms with Crippen LogP contribution in [0.5, 0.6) is 0 Å². The smallest absolute Gasteiger partial charge is 0.339 e. The van der Waals surface area contributed by atoms with Crippen molar-refractivity contribution in [2.75, 3.05) is 13.2 Å². The van der Waals surface area contributed by atoms with Crippen molar-refractivity contribution in [3.8, 4) is 0 Å². The number of esters is 2. The number of carbonyl (C=O) groups excluding carboxylic acids is 2. The highest BCUT2D eigenvalue weighted by molar-refractivity contribution is 6.03. The molecule has 0 unspecified atom stereocenters. The lowest BCUT2D eigenvalue weighted by molar-refractivity contribution is 0.0450. The average molecular weight is 571 g/mol. The zero-order valence-electron chi connectivity index (χ0n) is 26.8. The molecule has 2 aliphatic carbocycles. The lowest BCUT2D eigenvalue weighted by Crippen LogP contribution is -2.15. The van der Waals surface area contributed by atoms with E-state index < -0.39 is 11.9 Å². The Bertz CT molecular complexity index is 727. The molecule has 0 aliphatic heterocycles. The monoisotopic (exact) mass is 570 g/mol. The number of rotatable bonds is 18. The molecule has 2 aliphatic rings. The summed E-state index contributed by atoms with van der Waals surface area (Å²) in [6.07, 6.45) is 30.6. The van der Waals surface area contributed by atoms with E-state index >= 15 is 0 Å². The summed E-state index contributed by atoms with van der Waals surface area (Å²) in [5.74, 6) is 1.36. The van der Waals surface area contributed by atoms with E-state index in [9.17, 15) is 9.59 Å². The third-order valence-corrected chi connectivity index (χ3v) is 8.95. The number of hydrogen-bond acceptors (Lipinski definition) is 4. The first-order valence-electron chi connectivity index (χ1n) is 17.6. The molecule has 1 aromatic carbocycles. The molecule has 41 heavy (non-hydrogen) atoms. The van der Waals surface area contributed by atoms with Crippen LogP contribution in [0.25, 0.3) is 0 Å². The Hall–Kier alpha value is -1.84. The summed E-state index contributed by atoms with van der Waals surface area (Å²) < 4.78 is 10.7. The van der Waals surface area contributed by atoms with E-state index in [0.717, 1.165) is 37.5 Å². The maximum Gasteiger partial charge on any atom is 0.339 e. The van der Waals surface area contributed by atoms with Crippen molar-refractivity contribution < 1.29 is 19.1 Å². The van der Waals surface area contributed by atoms with E-state index in [1.54, 1.807) is 56.4 Å². The predicted molar refractivity (Wildman–Crippen MR) is 172 cm³/mol. The maximum atomic E-state index is 12.4. The van der Waals surface area contributed by atoms with Crippen molar-refractivity contribution in [2.24, 2.45) is 11.8 Å². The summed E-state index contributed by atoms with van der Waals surface area (Å²) in [6.45, 7) is 5.17. The second kappa shape index (κ2) is 23.7. The Balaban J connectivity index is 0.000000372. The molecule has 0 atom stereocenters. The van der Waals surface area contributed by atoms with Crippen LogP contribution in [0.15, 0.2) is 24.3 Å². The molecule has 2 saturated carbocycles. The maximum absolute atomic E-state index is 12.4. The molecule has 0 radical (unpaired) electrons. The second-order valence-electron chi connectivity index (χ2n) is 12.6. The highest BCUT2D eigenvalue weighted by atomic mass is 16.5. The zero-order chi connectivity index (χ0) is 29.4. The van der Waals surface area contributed by atoms with Crippen LogP contribution < -0.4 is 0 Å². The number of benzene rings is 1. The SMILES string of the molecule is C1CCC(CC2CCCCC2)CC1.CCCCCCCCOC(=O)c1ccccc1C(=O)OCCCCCCCC. The van der Waals surface area contributed by atoms with Gasteiger partial charge in [-0.1, -0.05) is 154 Å². The van der Waals surface area contributed by atoms with Crippen LogP contribution in [0.2, 0.25) is 0 Å². The second-order valence-corrected chi connectivity index (χ2v) is 12.6. The van der Waals surface area contributed by atoms with Crippen LogP contribution in [-0.4, -0.2) is 25.2 Å². The average Bonchev–Trinajstić information content (AvgIpc) is 3.01. The van der Waals surface area contributed by atoms with Gasteiger partial charge in [0.15, 0.2) is 0 Å². The fraction of sp³-hybridized carbons (Fsp3) is 0.784. The molecule has 4 heteroatoms. The molecular weight excluding hydrogens is 508 g/mol. The van der Waals surface area contributed by atoms with Crippen molar-refractivity contribution in [1.82, 2.24) is 0 Å². The van der Waals surface area contributed by atoms with Crippen molar-refractivity contribution in [2.45, 2.75) is 162 Å². The lowest BCUT2D eigenvalue weighted by atomic mass is 9.78. The van der Waals surface area contributed by atoms with Gasteiger partial charge in [0.25, 0.3) is 0 Å². The molecule has 3 rings (SSSR count). The number of unbranched alkanes of at least 4 members (excludes halogenated alkanes) is 10. The van der Waals surface area contributed by atoms with Crippen LogP contribution in [-0.2, 0) is 9.47 Å². The first-order chi connectivity index (χ1) is 20.2. The van der Waals surface area contributed by atoms with Crippen LogP contribution >= 0.6 is 0 Å². The van der Waals surface area contributed by atoms with Crippen LogP contribution in [0.4, 0.5) is 0 Å². The number of hydrogen-bond donors (Lipinski definition) is 0. The largest absolute Gasteiger partial charge is 0.462 e. The molecule has 0 amide bonds. The summed E-state index contributed by atoms with van der Waals surface area (Å²) in [5, 5.41) is 0. The van der Waals surface area contributed by atoms with Gasteiger partial charge in [0, 0.05) is 0 Å². The Labute approximate surface area is 252 Å². The van der Waals surface area contributed by atoms with E-state index in [1.807, 2.05) is 0 Å². The Morgan fingerprint density at radius 3 is 1.32 bits per heavy atom. The van der Waals surface area contributed by atoms with Crippen LogP contribution in [0.3, 0.4) is 0 Å². The van der Waals surface area contributed by atoms with Gasteiger partial charge in [0.1, 0.15) is 0 Å². The first-order valence-corrected chi connectivity index (χ1v) is 17.6. The van der Waals surface area contributed by atoms with Gasteiger partial charge in [-0.3, -0.25) is 0 Å². The van der Waals surface area contributed by atoms with Gasteiger partial charge in [-0.05, 0) is 43.2 Å². The summed E-state index contributed by atoms with van der Waals surface area (Å²) in [7, 11) is 0. The molecule has 0 N–H and O–H groups in total. The standard InChI is InChI=1S/C24H38O4.C13H24/c1-3-5-7-9-11-15-19-27-23(25)21-17-13-14-18-22(21)24(26)28-20-16-12-10-8-6-4-2;1-3-7-12(8-4-1)11-13-9-5-2-6-10-13/h13-14,17-18H,3-12,15-16,19-20H2,1-2H3;12-13H,1-11H2. The van der Waals surface area contributed by atoms with Crippen LogP contribution in [0.1, 0.15) is 182 Å². The fourth-order valence-corrected chi connectivity index (χ4v) is 6.41. The van der Waals surface area contributed by atoms with E-state index in [1.165, 1.54) is 89.9 Å². The Morgan fingerprint density at radius 2 is 0.927 bits per heavy atom. The minimum Gasteiger partial charge on any atom is -0.462 e. The van der Waals surface area contributed by atoms with Gasteiger partial charge in [-0.2, -0.15) is 0 Å². The van der Waals surface area contributed by atoms with E-state index in [-0.39, 0.29) is 0 Å². The number of ether oxygens (including phenoxy) is 2. The molecule has 0 spiro atoms. The summed E-state index contributed by atoms with van der Waals surface area (Å²) in [5.41, 5.74) is 0.586. The molecule has 0 bridgehead atoms. The van der Waals surface area contributed by atoms with E-state index in [4.69, 9.17) is 9.47 Å². The van der Waals surface area contributed by atoms with Gasteiger partial charge < -0.3 is 9.47 Å². The molecule has 0 aromatic heterocycles. The third-order valence-electron chi connectivity index (χ3n) is 8.95.